The number of nitriles is 1. The van der Waals surface area contributed by atoms with Gasteiger partial charge in [0.25, 0.3) is 11.9 Å². The van der Waals surface area contributed by atoms with Crippen LogP contribution >= 0.6 is 0 Å². The van der Waals surface area contributed by atoms with Crippen molar-refractivity contribution < 1.29 is 19.1 Å². The van der Waals surface area contributed by atoms with Gasteiger partial charge in [-0.05, 0) is 65.6 Å². The molecule has 0 aliphatic rings. The first-order valence-electron chi connectivity index (χ1n) is 13.5. The van der Waals surface area contributed by atoms with Gasteiger partial charge in [-0.25, -0.2) is 4.79 Å². The lowest BCUT2D eigenvalue weighted by atomic mass is 9.94. The van der Waals surface area contributed by atoms with Gasteiger partial charge in [0.05, 0.1) is 48.5 Å². The molecule has 5 rings (SSSR count). The first-order chi connectivity index (χ1) is 20.3. The highest BCUT2D eigenvalue weighted by molar-refractivity contribution is 6.02. The summed E-state index contributed by atoms with van der Waals surface area (Å²) in [7, 11) is 4.81. The van der Waals surface area contributed by atoms with Gasteiger partial charge in [-0.3, -0.25) is 9.36 Å². The number of amides is 1. The van der Waals surface area contributed by atoms with Crippen molar-refractivity contribution in [3.63, 3.8) is 0 Å². The van der Waals surface area contributed by atoms with Gasteiger partial charge in [-0.1, -0.05) is 48.5 Å². The van der Waals surface area contributed by atoms with Crippen LogP contribution in [0.5, 0.6) is 6.01 Å². The second kappa shape index (κ2) is 12.0. The van der Waals surface area contributed by atoms with Gasteiger partial charge >= 0.3 is 5.97 Å². The molecule has 5 aromatic rings. The summed E-state index contributed by atoms with van der Waals surface area (Å²) in [5, 5.41) is 9.84. The fourth-order valence-electron chi connectivity index (χ4n) is 4.92. The number of benzene rings is 4. The van der Waals surface area contributed by atoms with Gasteiger partial charge in [0.2, 0.25) is 0 Å². The Morgan fingerprint density at radius 1 is 0.929 bits per heavy atom. The number of carbonyl (C=O) groups excluding carboxylic acids is 2. The molecule has 0 saturated carbocycles. The van der Waals surface area contributed by atoms with Crippen molar-refractivity contribution in [1.29, 1.82) is 5.26 Å². The van der Waals surface area contributed by atoms with Crippen molar-refractivity contribution in [2.75, 3.05) is 27.8 Å². The van der Waals surface area contributed by atoms with Crippen LogP contribution in [0.15, 0.2) is 84.9 Å². The standard InChI is InChI=1S/C34H30N4O4/c1-5-42-34-36-30-8-6-7-28(33(40)41-4)31(30)38(34)21-22-9-11-24(12-10-22)29-19-26(17-18-27(29)20-35)23-13-15-25(16-14-23)32(39)37(2)3/h6-19H,5,21H2,1-4H3. The van der Waals surface area contributed by atoms with E-state index >= 15 is 0 Å². The second-order valence-electron chi connectivity index (χ2n) is 9.92. The maximum absolute atomic E-state index is 12.5. The lowest BCUT2D eigenvalue weighted by Gasteiger charge is -2.13. The molecule has 0 N–H and O–H groups in total. The third-order valence-corrected chi connectivity index (χ3v) is 7.03. The molecule has 1 amide bonds. The van der Waals surface area contributed by atoms with Gasteiger partial charge in [-0.15, -0.1) is 0 Å². The van der Waals surface area contributed by atoms with E-state index in [1.165, 1.54) is 7.11 Å². The maximum Gasteiger partial charge on any atom is 0.340 e. The maximum atomic E-state index is 12.5. The largest absolute Gasteiger partial charge is 0.465 e. The highest BCUT2D eigenvalue weighted by Crippen LogP contribution is 2.31. The molecule has 0 atom stereocenters. The van der Waals surface area contributed by atoms with E-state index in [-0.39, 0.29) is 5.91 Å². The Balaban J connectivity index is 1.48. The Hall–Kier alpha value is -5.42. The summed E-state index contributed by atoms with van der Waals surface area (Å²) in [6.45, 7) is 2.74. The molecule has 1 aromatic heterocycles. The number of hydrogen-bond donors (Lipinski definition) is 0. The second-order valence-corrected chi connectivity index (χ2v) is 9.92. The summed E-state index contributed by atoms with van der Waals surface area (Å²) in [5.74, 6) is -0.497. The van der Waals surface area contributed by atoms with Crippen LogP contribution in [-0.2, 0) is 11.3 Å². The molecule has 0 fully saturated rings. The van der Waals surface area contributed by atoms with Gasteiger partial charge in [0, 0.05) is 25.2 Å². The summed E-state index contributed by atoms with van der Waals surface area (Å²) in [6.07, 6.45) is 0. The van der Waals surface area contributed by atoms with Gasteiger partial charge < -0.3 is 14.4 Å². The average molecular weight is 559 g/mol. The predicted octanol–water partition coefficient (Wildman–Crippen LogP) is 6.18. The topological polar surface area (TPSA) is 97.4 Å². The van der Waals surface area contributed by atoms with Crippen LogP contribution in [0.2, 0.25) is 0 Å². The summed E-state index contributed by atoms with van der Waals surface area (Å²) >= 11 is 0. The van der Waals surface area contributed by atoms with E-state index in [1.807, 2.05) is 84.3 Å². The third-order valence-electron chi connectivity index (χ3n) is 7.03. The molecule has 0 radical (unpaired) electrons. The molecule has 42 heavy (non-hydrogen) atoms. The van der Waals surface area contributed by atoms with E-state index in [4.69, 9.17) is 9.47 Å². The molecule has 0 aliphatic heterocycles. The number of aromatic nitrogens is 2. The fourth-order valence-corrected chi connectivity index (χ4v) is 4.92. The number of rotatable bonds is 8. The van der Waals surface area contributed by atoms with Crippen molar-refractivity contribution in [2.45, 2.75) is 13.5 Å². The number of esters is 1. The quantitative estimate of drug-likeness (QED) is 0.211. The monoisotopic (exact) mass is 558 g/mol. The first kappa shape index (κ1) is 28.1. The van der Waals surface area contributed by atoms with Gasteiger partial charge in [0.1, 0.15) is 0 Å². The molecule has 0 saturated heterocycles. The summed E-state index contributed by atoms with van der Waals surface area (Å²) in [5.41, 5.74) is 7.45. The number of carbonyl (C=O) groups is 2. The van der Waals surface area contributed by atoms with Crippen molar-refractivity contribution in [3.8, 4) is 34.3 Å². The summed E-state index contributed by atoms with van der Waals surface area (Å²) < 4.78 is 12.7. The number of methoxy groups -OCH3 is 1. The number of hydrogen-bond acceptors (Lipinski definition) is 6. The molecule has 0 bridgehead atoms. The van der Waals surface area contributed by atoms with Crippen LogP contribution in [0.4, 0.5) is 0 Å². The Morgan fingerprint density at radius 3 is 2.26 bits per heavy atom. The molecular formula is C34H30N4O4. The Kier molecular flexibility index (Phi) is 8.02. The van der Waals surface area contributed by atoms with Crippen LogP contribution in [-0.4, -0.2) is 54.1 Å². The molecular weight excluding hydrogens is 528 g/mol. The molecule has 0 unspecified atom stereocenters. The van der Waals surface area contributed by atoms with E-state index in [2.05, 4.69) is 11.1 Å². The molecule has 1 heterocycles. The smallest absolute Gasteiger partial charge is 0.340 e. The normalized spacial score (nSPS) is 10.7. The van der Waals surface area contributed by atoms with E-state index in [9.17, 15) is 14.9 Å². The van der Waals surface area contributed by atoms with E-state index in [0.717, 1.165) is 27.8 Å². The van der Waals surface area contributed by atoms with E-state index < -0.39 is 5.97 Å². The van der Waals surface area contributed by atoms with Crippen molar-refractivity contribution >= 4 is 22.9 Å². The summed E-state index contributed by atoms with van der Waals surface area (Å²) in [6, 6.07) is 29.2. The number of ether oxygens (including phenoxy) is 2. The number of para-hydroxylation sites is 1. The Morgan fingerprint density at radius 2 is 1.62 bits per heavy atom. The van der Waals surface area contributed by atoms with Crippen molar-refractivity contribution in [2.24, 2.45) is 0 Å². The summed E-state index contributed by atoms with van der Waals surface area (Å²) in [4.78, 5) is 30.9. The number of imidazole rings is 1. The molecule has 8 heteroatoms. The van der Waals surface area contributed by atoms with Crippen LogP contribution in [0.3, 0.4) is 0 Å². The molecule has 210 valence electrons. The van der Waals surface area contributed by atoms with E-state index in [1.54, 1.807) is 31.1 Å². The van der Waals surface area contributed by atoms with Crippen molar-refractivity contribution in [1.82, 2.24) is 14.5 Å². The number of fused-ring (bicyclic) bond motifs is 1. The van der Waals surface area contributed by atoms with Crippen LogP contribution < -0.4 is 4.74 Å². The lowest BCUT2D eigenvalue weighted by molar-refractivity contribution is 0.0602. The molecule has 0 aliphatic carbocycles. The molecule has 0 spiro atoms. The number of nitrogens with zero attached hydrogens (tertiary/aromatic N) is 4. The van der Waals surface area contributed by atoms with Crippen molar-refractivity contribution in [3.05, 3.63) is 107 Å². The third kappa shape index (κ3) is 5.45. The Labute approximate surface area is 244 Å². The minimum absolute atomic E-state index is 0.0549. The predicted molar refractivity (Wildman–Crippen MR) is 161 cm³/mol. The van der Waals surface area contributed by atoms with E-state index in [0.29, 0.717) is 46.9 Å². The zero-order valence-electron chi connectivity index (χ0n) is 23.9. The SMILES string of the molecule is CCOc1nc2cccc(C(=O)OC)c2n1Cc1ccc(-c2cc(-c3ccc(C(=O)N(C)C)cc3)ccc2C#N)cc1. The first-order valence-corrected chi connectivity index (χ1v) is 13.5. The van der Waals surface area contributed by atoms with Crippen LogP contribution in [0.25, 0.3) is 33.3 Å². The minimum atomic E-state index is -0.442. The van der Waals surface area contributed by atoms with Crippen LogP contribution in [0, 0.1) is 11.3 Å². The molecule has 4 aromatic carbocycles. The van der Waals surface area contributed by atoms with Gasteiger partial charge in [-0.2, -0.15) is 10.2 Å². The average Bonchev–Trinajstić information content (AvgIpc) is 3.37. The van der Waals surface area contributed by atoms with Gasteiger partial charge in [0.15, 0.2) is 0 Å². The highest BCUT2D eigenvalue weighted by atomic mass is 16.5. The lowest BCUT2D eigenvalue weighted by Crippen LogP contribution is -2.21. The van der Waals surface area contributed by atoms with Crippen LogP contribution in [0.1, 0.15) is 38.8 Å². The zero-order chi connectivity index (χ0) is 29.8. The molecule has 8 nitrogen and oxygen atoms in total. The highest BCUT2D eigenvalue weighted by Gasteiger charge is 2.20. The fraction of sp³-hybridized carbons (Fsp3) is 0.176. The minimum Gasteiger partial charge on any atom is -0.465 e. The Bertz CT molecular complexity index is 1810. The zero-order valence-corrected chi connectivity index (χ0v) is 23.9.